The highest BCUT2D eigenvalue weighted by Gasteiger charge is 2.39. The maximum atomic E-state index is 12.2. The van der Waals surface area contributed by atoms with E-state index in [2.05, 4.69) is 10.9 Å². The van der Waals surface area contributed by atoms with Gasteiger partial charge in [-0.2, -0.15) is 10.0 Å². The summed E-state index contributed by atoms with van der Waals surface area (Å²) in [5.41, 5.74) is 4.72. The van der Waals surface area contributed by atoms with Gasteiger partial charge in [0.2, 0.25) is 0 Å². The number of rotatable bonds is 2. The molecular formula is C17H14N4O7. The van der Waals surface area contributed by atoms with Crippen molar-refractivity contribution >= 4 is 29.7 Å². The molecule has 11 nitrogen and oxygen atoms in total. The lowest BCUT2D eigenvalue weighted by Crippen LogP contribution is -2.55. The highest BCUT2D eigenvalue weighted by atomic mass is 16.2. The van der Waals surface area contributed by atoms with Crippen molar-refractivity contribution in [2.24, 2.45) is 0 Å². The Balaban J connectivity index is 0.00000140. The van der Waals surface area contributed by atoms with E-state index in [0.717, 1.165) is 0 Å². The quantitative estimate of drug-likeness (QED) is 0.631. The van der Waals surface area contributed by atoms with Gasteiger partial charge in [0.15, 0.2) is 0 Å². The van der Waals surface area contributed by atoms with Gasteiger partial charge >= 0.3 is 6.03 Å². The first-order valence-corrected chi connectivity index (χ1v) is 7.52. The fraction of sp³-hybridized carbons (Fsp3) is 0. The summed E-state index contributed by atoms with van der Waals surface area (Å²) in [5, 5.41) is 1.05. The Morgan fingerprint density at radius 1 is 0.571 bits per heavy atom. The zero-order chi connectivity index (χ0) is 18.4. The van der Waals surface area contributed by atoms with E-state index in [1.807, 2.05) is 0 Å². The summed E-state index contributed by atoms with van der Waals surface area (Å²) in [7, 11) is 0. The summed E-state index contributed by atoms with van der Waals surface area (Å²) in [6.45, 7) is 0. The molecule has 2 aromatic carbocycles. The number of hydrogen-bond donors (Lipinski definition) is 2. The van der Waals surface area contributed by atoms with Crippen LogP contribution in [0.15, 0.2) is 48.5 Å². The molecule has 0 aromatic heterocycles. The van der Waals surface area contributed by atoms with E-state index < -0.39 is 29.7 Å². The van der Waals surface area contributed by atoms with Crippen molar-refractivity contribution < 1.29 is 34.9 Å². The number of nitrogens with one attached hydrogen (secondary N) is 2. The molecule has 0 saturated heterocycles. The molecule has 0 spiro atoms. The normalized spacial score (nSPS) is 14.1. The number of urea groups is 1. The van der Waals surface area contributed by atoms with Gasteiger partial charge in [0, 0.05) is 0 Å². The van der Waals surface area contributed by atoms with Crippen molar-refractivity contribution in [3.05, 3.63) is 70.8 Å². The second-order valence-electron chi connectivity index (χ2n) is 5.54. The number of hydrazine groups is 2. The van der Waals surface area contributed by atoms with Crippen LogP contribution in [-0.2, 0) is 0 Å². The van der Waals surface area contributed by atoms with Crippen molar-refractivity contribution in [2.75, 3.05) is 0 Å². The maximum absolute atomic E-state index is 12.2. The van der Waals surface area contributed by atoms with Crippen LogP contribution in [0.4, 0.5) is 4.79 Å². The summed E-state index contributed by atoms with van der Waals surface area (Å²) in [6.07, 6.45) is 0. The Labute approximate surface area is 157 Å². The average molecular weight is 386 g/mol. The average Bonchev–Trinajstić information content (AvgIpc) is 3.03. The van der Waals surface area contributed by atoms with Gasteiger partial charge in [-0.05, 0) is 24.3 Å². The molecule has 28 heavy (non-hydrogen) atoms. The van der Waals surface area contributed by atoms with E-state index in [1.165, 1.54) is 24.3 Å². The second-order valence-corrected chi connectivity index (χ2v) is 5.54. The minimum atomic E-state index is -1.07. The summed E-state index contributed by atoms with van der Waals surface area (Å²) >= 11 is 0. The predicted molar refractivity (Wildman–Crippen MR) is 92.8 cm³/mol. The number of imide groups is 2. The summed E-state index contributed by atoms with van der Waals surface area (Å²) in [4.78, 5) is 60.9. The molecule has 0 radical (unpaired) electrons. The van der Waals surface area contributed by atoms with Crippen LogP contribution in [0.3, 0.4) is 0 Å². The lowest BCUT2D eigenvalue weighted by Gasteiger charge is -2.19. The summed E-state index contributed by atoms with van der Waals surface area (Å²) in [5.74, 6) is -2.82. The first-order valence-electron chi connectivity index (χ1n) is 7.52. The van der Waals surface area contributed by atoms with Crippen LogP contribution in [0.5, 0.6) is 0 Å². The highest BCUT2D eigenvalue weighted by Crippen LogP contribution is 2.22. The van der Waals surface area contributed by atoms with Gasteiger partial charge in [-0.1, -0.05) is 24.3 Å². The standard InChI is InChI=1S/C17H10N4O5.2H2O/c22-13-9-5-1-2-6-10(9)14(23)20(13)18-17(26)19-21-15(24)11-7-3-4-8-12(11)16(21)25;;/h1-8H,(H2,18,19,26);2*1H2. The third-order valence-electron chi connectivity index (χ3n) is 4.01. The summed E-state index contributed by atoms with van der Waals surface area (Å²) in [6, 6.07) is 11.1. The zero-order valence-electron chi connectivity index (χ0n) is 14.1. The van der Waals surface area contributed by atoms with E-state index in [9.17, 15) is 24.0 Å². The van der Waals surface area contributed by atoms with Crippen LogP contribution in [0.2, 0.25) is 0 Å². The Morgan fingerprint density at radius 2 is 0.821 bits per heavy atom. The number of carbonyl (C=O) groups is 5. The van der Waals surface area contributed by atoms with Crippen LogP contribution in [0.1, 0.15) is 41.4 Å². The minimum absolute atomic E-state index is 0. The Kier molecular flexibility index (Phi) is 5.25. The maximum Gasteiger partial charge on any atom is 0.353 e. The van der Waals surface area contributed by atoms with Crippen molar-refractivity contribution in [3.8, 4) is 0 Å². The number of carbonyl (C=O) groups excluding carboxylic acids is 5. The smallest absolute Gasteiger partial charge is 0.353 e. The SMILES string of the molecule is O.O.O=C(NN1C(=O)c2ccccc2C1=O)NN1C(=O)c2ccccc2C1=O. The molecule has 2 aromatic rings. The van der Waals surface area contributed by atoms with Gasteiger partial charge in [-0.25, -0.2) is 15.6 Å². The van der Waals surface area contributed by atoms with Gasteiger partial charge in [0.05, 0.1) is 22.3 Å². The van der Waals surface area contributed by atoms with Crippen molar-refractivity contribution in [2.45, 2.75) is 0 Å². The molecule has 0 bridgehead atoms. The molecule has 2 aliphatic heterocycles. The van der Waals surface area contributed by atoms with E-state index >= 15 is 0 Å². The molecule has 0 atom stereocenters. The molecule has 6 amide bonds. The van der Waals surface area contributed by atoms with E-state index in [4.69, 9.17) is 0 Å². The van der Waals surface area contributed by atoms with Gasteiger partial charge in [0.1, 0.15) is 0 Å². The first kappa shape index (κ1) is 20.2. The Hall–Kier alpha value is -4.09. The molecule has 2 aliphatic rings. The predicted octanol–water partition coefficient (Wildman–Crippen LogP) is -0.941. The van der Waals surface area contributed by atoms with Crippen LogP contribution in [0, 0.1) is 0 Å². The Morgan fingerprint density at radius 3 is 1.07 bits per heavy atom. The third kappa shape index (κ3) is 2.86. The Bertz CT molecular complexity index is 871. The molecule has 2 heterocycles. The molecule has 0 unspecified atom stereocenters. The number of amides is 6. The molecule has 0 aliphatic carbocycles. The highest BCUT2D eigenvalue weighted by molar-refractivity contribution is 6.23. The van der Waals surface area contributed by atoms with Gasteiger partial charge < -0.3 is 11.0 Å². The topological polar surface area (TPSA) is 179 Å². The summed E-state index contributed by atoms with van der Waals surface area (Å²) < 4.78 is 0. The monoisotopic (exact) mass is 386 g/mol. The van der Waals surface area contributed by atoms with E-state index in [1.54, 1.807) is 24.3 Å². The fourth-order valence-corrected chi connectivity index (χ4v) is 2.81. The lowest BCUT2D eigenvalue weighted by molar-refractivity contribution is 0.0542. The fourth-order valence-electron chi connectivity index (χ4n) is 2.81. The molecule has 4 rings (SSSR count). The molecule has 0 fully saturated rings. The number of fused-ring (bicyclic) bond motifs is 2. The van der Waals surface area contributed by atoms with Crippen LogP contribution in [0.25, 0.3) is 0 Å². The minimum Gasteiger partial charge on any atom is -0.412 e. The van der Waals surface area contributed by atoms with Crippen LogP contribution < -0.4 is 10.9 Å². The van der Waals surface area contributed by atoms with Crippen molar-refractivity contribution in [1.82, 2.24) is 20.9 Å². The van der Waals surface area contributed by atoms with Crippen LogP contribution >= 0.6 is 0 Å². The largest absolute Gasteiger partial charge is 0.412 e. The second kappa shape index (κ2) is 7.26. The van der Waals surface area contributed by atoms with Crippen molar-refractivity contribution in [3.63, 3.8) is 0 Å². The third-order valence-corrected chi connectivity index (χ3v) is 4.01. The molecule has 144 valence electrons. The molecular weight excluding hydrogens is 372 g/mol. The van der Waals surface area contributed by atoms with Gasteiger partial charge in [0.25, 0.3) is 23.6 Å². The lowest BCUT2D eigenvalue weighted by atomic mass is 10.1. The van der Waals surface area contributed by atoms with Crippen molar-refractivity contribution in [1.29, 1.82) is 0 Å². The van der Waals surface area contributed by atoms with Gasteiger partial charge in [-0.15, -0.1) is 0 Å². The number of benzene rings is 2. The van der Waals surface area contributed by atoms with E-state index in [-0.39, 0.29) is 33.2 Å². The van der Waals surface area contributed by atoms with E-state index in [0.29, 0.717) is 10.0 Å². The zero-order valence-corrected chi connectivity index (χ0v) is 14.1. The molecule has 11 heteroatoms. The molecule has 0 saturated carbocycles. The number of nitrogens with zero attached hydrogens (tertiary/aromatic N) is 2. The van der Waals surface area contributed by atoms with Gasteiger partial charge in [-0.3, -0.25) is 19.2 Å². The van der Waals surface area contributed by atoms with Crippen LogP contribution in [-0.4, -0.2) is 50.6 Å². The first-order chi connectivity index (χ1) is 12.5. The number of hydrogen-bond acceptors (Lipinski definition) is 5. The molecule has 6 N–H and O–H groups in total.